The van der Waals surface area contributed by atoms with E-state index in [9.17, 15) is 18.8 Å². The van der Waals surface area contributed by atoms with Crippen LogP contribution in [-0.4, -0.2) is 24.4 Å². The summed E-state index contributed by atoms with van der Waals surface area (Å²) in [5, 5.41) is 5.20. The largest absolute Gasteiger partial charge is 0.452 e. The average Bonchev–Trinajstić information content (AvgIpc) is 2.74. The van der Waals surface area contributed by atoms with E-state index in [0.717, 1.165) is 5.56 Å². The minimum absolute atomic E-state index is 0.209. The van der Waals surface area contributed by atoms with Gasteiger partial charge in [-0.15, -0.1) is 0 Å². The summed E-state index contributed by atoms with van der Waals surface area (Å²) in [5.41, 5.74) is 2.13. The third kappa shape index (κ3) is 5.51. The number of ether oxygens (including phenoxy) is 1. The first-order valence-electron chi connectivity index (χ1n) is 9.12. The fourth-order valence-electron chi connectivity index (χ4n) is 2.69. The Balaban J connectivity index is 1.62. The lowest BCUT2D eigenvalue weighted by Gasteiger charge is -2.12. The predicted molar refractivity (Wildman–Crippen MR) is 111 cm³/mol. The second kappa shape index (κ2) is 9.47. The standard InChI is InChI=1S/C23H19FN2O4/c1-15-5-4-6-16(13-15)23(29)30-14-21(27)26-20-8-3-2-7-19(20)22(28)25-18-11-9-17(24)10-12-18/h2-13H,14H2,1H3,(H,25,28)(H,26,27). The third-order valence-corrected chi connectivity index (χ3v) is 4.14. The van der Waals surface area contributed by atoms with Crippen molar-refractivity contribution in [1.29, 1.82) is 0 Å². The van der Waals surface area contributed by atoms with Gasteiger partial charge in [-0.1, -0.05) is 29.8 Å². The lowest BCUT2D eigenvalue weighted by Crippen LogP contribution is -2.23. The molecule has 0 fully saturated rings. The molecular weight excluding hydrogens is 387 g/mol. The topological polar surface area (TPSA) is 84.5 Å². The molecule has 30 heavy (non-hydrogen) atoms. The molecule has 0 radical (unpaired) electrons. The van der Waals surface area contributed by atoms with Crippen LogP contribution in [0.3, 0.4) is 0 Å². The summed E-state index contributed by atoms with van der Waals surface area (Å²) in [5.74, 6) is -2.09. The number of hydrogen-bond donors (Lipinski definition) is 2. The highest BCUT2D eigenvalue weighted by molar-refractivity contribution is 6.10. The van der Waals surface area contributed by atoms with Gasteiger partial charge >= 0.3 is 5.97 Å². The second-order valence-electron chi connectivity index (χ2n) is 6.50. The molecule has 2 amide bonds. The normalized spacial score (nSPS) is 10.2. The molecule has 2 N–H and O–H groups in total. The van der Waals surface area contributed by atoms with E-state index in [4.69, 9.17) is 4.74 Å². The number of carbonyl (C=O) groups is 3. The number of aryl methyl sites for hydroxylation is 1. The Hall–Kier alpha value is -4.00. The molecule has 6 nitrogen and oxygen atoms in total. The molecular formula is C23H19FN2O4. The van der Waals surface area contributed by atoms with Gasteiger partial charge in [0, 0.05) is 5.69 Å². The van der Waals surface area contributed by atoms with E-state index >= 15 is 0 Å². The van der Waals surface area contributed by atoms with E-state index < -0.39 is 30.2 Å². The van der Waals surface area contributed by atoms with Gasteiger partial charge in [0.25, 0.3) is 11.8 Å². The van der Waals surface area contributed by atoms with Crippen molar-refractivity contribution in [2.24, 2.45) is 0 Å². The Morgan fingerprint density at radius 1 is 0.900 bits per heavy atom. The minimum atomic E-state index is -0.615. The van der Waals surface area contributed by atoms with Crippen molar-refractivity contribution in [3.8, 4) is 0 Å². The highest BCUT2D eigenvalue weighted by Gasteiger charge is 2.15. The number of hydrogen-bond acceptors (Lipinski definition) is 4. The Kier molecular flexibility index (Phi) is 6.54. The first-order chi connectivity index (χ1) is 14.4. The third-order valence-electron chi connectivity index (χ3n) is 4.14. The molecule has 0 aliphatic heterocycles. The zero-order valence-corrected chi connectivity index (χ0v) is 16.1. The van der Waals surface area contributed by atoms with Gasteiger partial charge in [0.05, 0.1) is 16.8 Å². The van der Waals surface area contributed by atoms with Gasteiger partial charge in [-0.05, 0) is 55.5 Å². The van der Waals surface area contributed by atoms with Crippen molar-refractivity contribution in [1.82, 2.24) is 0 Å². The van der Waals surface area contributed by atoms with Crippen molar-refractivity contribution < 1.29 is 23.5 Å². The first-order valence-corrected chi connectivity index (χ1v) is 9.12. The number of anilines is 2. The van der Waals surface area contributed by atoms with Crippen LogP contribution in [0.4, 0.5) is 15.8 Å². The fraction of sp³-hybridized carbons (Fsp3) is 0.0870. The zero-order valence-electron chi connectivity index (χ0n) is 16.1. The van der Waals surface area contributed by atoms with Gasteiger partial charge in [0.15, 0.2) is 6.61 Å². The molecule has 0 saturated carbocycles. The molecule has 3 rings (SSSR count). The van der Waals surface area contributed by atoms with Gasteiger partial charge in [-0.3, -0.25) is 9.59 Å². The van der Waals surface area contributed by atoms with E-state index in [2.05, 4.69) is 10.6 Å². The number of esters is 1. The Labute approximate surface area is 172 Å². The zero-order chi connectivity index (χ0) is 21.5. The van der Waals surface area contributed by atoms with E-state index in [-0.39, 0.29) is 11.3 Å². The minimum Gasteiger partial charge on any atom is -0.452 e. The molecule has 0 unspecified atom stereocenters. The van der Waals surface area contributed by atoms with Crippen LogP contribution < -0.4 is 10.6 Å². The van der Waals surface area contributed by atoms with E-state index in [1.54, 1.807) is 36.4 Å². The highest BCUT2D eigenvalue weighted by atomic mass is 19.1. The summed E-state index contributed by atoms with van der Waals surface area (Å²) >= 11 is 0. The average molecular weight is 406 g/mol. The number of para-hydroxylation sites is 1. The molecule has 0 aliphatic rings. The lowest BCUT2D eigenvalue weighted by atomic mass is 10.1. The van der Waals surface area contributed by atoms with Gasteiger partial charge in [-0.25, -0.2) is 9.18 Å². The van der Waals surface area contributed by atoms with Gasteiger partial charge in [-0.2, -0.15) is 0 Å². The highest BCUT2D eigenvalue weighted by Crippen LogP contribution is 2.18. The van der Waals surface area contributed by atoms with Gasteiger partial charge in [0.1, 0.15) is 5.82 Å². The number of amides is 2. The van der Waals surface area contributed by atoms with Crippen molar-refractivity contribution in [2.45, 2.75) is 6.92 Å². The molecule has 0 bridgehead atoms. The van der Waals surface area contributed by atoms with E-state index in [1.807, 2.05) is 13.0 Å². The molecule has 0 saturated heterocycles. The number of carbonyl (C=O) groups excluding carboxylic acids is 3. The van der Waals surface area contributed by atoms with Crippen LogP contribution in [0.1, 0.15) is 26.3 Å². The van der Waals surface area contributed by atoms with Crippen LogP contribution in [0.5, 0.6) is 0 Å². The van der Waals surface area contributed by atoms with Gasteiger partial charge < -0.3 is 15.4 Å². The summed E-state index contributed by atoms with van der Waals surface area (Å²) in [7, 11) is 0. The summed E-state index contributed by atoms with van der Waals surface area (Å²) < 4.78 is 18.1. The van der Waals surface area contributed by atoms with Crippen molar-refractivity contribution in [2.75, 3.05) is 17.2 Å². The maximum atomic E-state index is 13.0. The maximum Gasteiger partial charge on any atom is 0.338 e. The van der Waals surface area contributed by atoms with Crippen LogP contribution in [0, 0.1) is 12.7 Å². The molecule has 0 atom stereocenters. The first kappa shape index (κ1) is 20.7. The van der Waals surface area contributed by atoms with Crippen LogP contribution >= 0.6 is 0 Å². The molecule has 7 heteroatoms. The Morgan fingerprint density at radius 2 is 1.63 bits per heavy atom. The quantitative estimate of drug-likeness (QED) is 0.602. The van der Waals surface area contributed by atoms with Crippen LogP contribution in [0.15, 0.2) is 72.8 Å². The van der Waals surface area contributed by atoms with Crippen LogP contribution in [0.2, 0.25) is 0 Å². The van der Waals surface area contributed by atoms with Crippen molar-refractivity contribution >= 4 is 29.2 Å². The monoisotopic (exact) mass is 406 g/mol. The smallest absolute Gasteiger partial charge is 0.338 e. The van der Waals surface area contributed by atoms with Crippen LogP contribution in [0.25, 0.3) is 0 Å². The SMILES string of the molecule is Cc1cccc(C(=O)OCC(=O)Nc2ccccc2C(=O)Nc2ccc(F)cc2)c1. The molecule has 0 aromatic heterocycles. The lowest BCUT2D eigenvalue weighted by molar-refractivity contribution is -0.119. The summed E-state index contributed by atoms with van der Waals surface area (Å²) in [6.45, 7) is 1.35. The number of rotatable bonds is 6. The van der Waals surface area contributed by atoms with Crippen LogP contribution in [-0.2, 0) is 9.53 Å². The molecule has 0 heterocycles. The second-order valence-corrected chi connectivity index (χ2v) is 6.50. The van der Waals surface area contributed by atoms with Crippen molar-refractivity contribution in [3.63, 3.8) is 0 Å². The molecule has 0 spiro atoms. The predicted octanol–water partition coefficient (Wildman–Crippen LogP) is 4.18. The van der Waals surface area contributed by atoms with Crippen molar-refractivity contribution in [3.05, 3.63) is 95.3 Å². The maximum absolute atomic E-state index is 13.0. The Bertz CT molecular complexity index is 1080. The summed E-state index contributed by atoms with van der Waals surface area (Å²) in [6, 6.07) is 18.5. The Morgan fingerprint density at radius 3 is 2.37 bits per heavy atom. The molecule has 3 aromatic carbocycles. The molecule has 3 aromatic rings. The summed E-state index contributed by atoms with van der Waals surface area (Å²) in [4.78, 5) is 36.8. The fourth-order valence-corrected chi connectivity index (χ4v) is 2.69. The van der Waals surface area contributed by atoms with E-state index in [0.29, 0.717) is 11.3 Å². The van der Waals surface area contributed by atoms with E-state index in [1.165, 1.54) is 30.3 Å². The summed E-state index contributed by atoms with van der Waals surface area (Å²) in [6.07, 6.45) is 0. The number of halogens is 1. The number of benzene rings is 3. The number of nitrogens with one attached hydrogen (secondary N) is 2. The molecule has 152 valence electrons. The molecule has 0 aliphatic carbocycles. The van der Waals surface area contributed by atoms with Gasteiger partial charge in [0.2, 0.25) is 0 Å².